The number of rotatable bonds is 8. The van der Waals surface area contributed by atoms with Crippen molar-refractivity contribution in [2.75, 3.05) is 6.61 Å². The monoisotopic (exact) mass is 435 g/mol. The Morgan fingerprint density at radius 1 is 1.00 bits per heavy atom. The summed E-state index contributed by atoms with van der Waals surface area (Å²) in [5.74, 6) is 0. The molecule has 0 amide bonds. The second-order valence-corrected chi connectivity index (χ2v) is 9.30. The van der Waals surface area contributed by atoms with Gasteiger partial charge in [-0.05, 0) is 61.1 Å². The molecule has 0 bridgehead atoms. The molecular formula is C24H25N3O3S. The third-order valence-corrected chi connectivity index (χ3v) is 7.02. The Balaban J connectivity index is 1.91. The minimum atomic E-state index is -3.80. The predicted molar refractivity (Wildman–Crippen MR) is 121 cm³/mol. The van der Waals surface area contributed by atoms with Crippen molar-refractivity contribution in [3.63, 3.8) is 0 Å². The number of pyridine rings is 2. The minimum absolute atomic E-state index is 0.155. The zero-order valence-electron chi connectivity index (χ0n) is 17.4. The van der Waals surface area contributed by atoms with Crippen LogP contribution in [0.15, 0.2) is 72.1 Å². The van der Waals surface area contributed by atoms with Gasteiger partial charge in [-0.1, -0.05) is 25.1 Å². The summed E-state index contributed by atoms with van der Waals surface area (Å²) in [6, 6.07) is 12.4. The largest absolute Gasteiger partial charge is 0.396 e. The van der Waals surface area contributed by atoms with Crippen LogP contribution in [0.3, 0.4) is 0 Å². The van der Waals surface area contributed by atoms with Crippen molar-refractivity contribution in [3.05, 3.63) is 78.4 Å². The Hall–Kier alpha value is -3.03. The van der Waals surface area contributed by atoms with Gasteiger partial charge < -0.3 is 5.11 Å². The molecule has 3 heterocycles. The van der Waals surface area contributed by atoms with E-state index < -0.39 is 10.0 Å². The Kier molecular flexibility index (Phi) is 6.15. The highest BCUT2D eigenvalue weighted by Gasteiger charge is 2.23. The molecular weight excluding hydrogens is 410 g/mol. The van der Waals surface area contributed by atoms with Crippen LogP contribution in [0, 0.1) is 0 Å². The van der Waals surface area contributed by atoms with E-state index in [1.807, 2.05) is 18.3 Å². The van der Waals surface area contributed by atoms with Gasteiger partial charge in [0.15, 0.2) is 5.65 Å². The summed E-state index contributed by atoms with van der Waals surface area (Å²) >= 11 is 0. The highest BCUT2D eigenvalue weighted by molar-refractivity contribution is 7.90. The summed E-state index contributed by atoms with van der Waals surface area (Å²) in [5, 5.41) is 9.84. The molecule has 3 aromatic heterocycles. The van der Waals surface area contributed by atoms with E-state index in [9.17, 15) is 8.42 Å². The number of unbranched alkanes of at least 4 members (excludes halogenated alkanes) is 1. The third-order valence-electron chi connectivity index (χ3n) is 5.36. The van der Waals surface area contributed by atoms with Crippen LogP contribution in [0.1, 0.15) is 30.9 Å². The number of benzene rings is 1. The van der Waals surface area contributed by atoms with Gasteiger partial charge in [-0.15, -0.1) is 0 Å². The van der Waals surface area contributed by atoms with E-state index >= 15 is 0 Å². The Labute approximate surface area is 182 Å². The quantitative estimate of drug-likeness (QED) is 0.419. The molecule has 0 aliphatic rings. The molecule has 0 fully saturated rings. The number of fused-ring (bicyclic) bond motifs is 1. The van der Waals surface area contributed by atoms with Crippen molar-refractivity contribution in [1.82, 2.24) is 13.9 Å². The van der Waals surface area contributed by atoms with Crippen LogP contribution < -0.4 is 0 Å². The van der Waals surface area contributed by atoms with E-state index in [0.717, 1.165) is 53.3 Å². The first-order valence-electron chi connectivity index (χ1n) is 10.4. The fourth-order valence-electron chi connectivity index (χ4n) is 3.65. The Bertz CT molecular complexity index is 1300. The second kappa shape index (κ2) is 8.99. The van der Waals surface area contributed by atoms with Crippen LogP contribution in [-0.2, 0) is 22.9 Å². The molecule has 0 radical (unpaired) electrons. The van der Waals surface area contributed by atoms with Gasteiger partial charge >= 0.3 is 0 Å². The molecule has 0 aliphatic carbocycles. The highest BCUT2D eigenvalue weighted by Crippen LogP contribution is 2.33. The lowest BCUT2D eigenvalue weighted by Gasteiger charge is -2.07. The molecule has 0 saturated carbocycles. The van der Waals surface area contributed by atoms with E-state index in [0.29, 0.717) is 5.65 Å². The maximum absolute atomic E-state index is 13.4. The van der Waals surface area contributed by atoms with E-state index in [1.165, 1.54) is 3.97 Å². The number of hydrogen-bond donors (Lipinski definition) is 1. The van der Waals surface area contributed by atoms with Gasteiger partial charge in [0.2, 0.25) is 0 Å². The van der Waals surface area contributed by atoms with Crippen molar-refractivity contribution < 1.29 is 13.5 Å². The number of aliphatic hydroxyl groups excluding tert-OH is 1. The molecule has 6 nitrogen and oxygen atoms in total. The first-order valence-corrected chi connectivity index (χ1v) is 11.8. The fraction of sp³-hybridized carbons (Fsp3) is 0.250. The lowest BCUT2D eigenvalue weighted by atomic mass is 10.0. The summed E-state index contributed by atoms with van der Waals surface area (Å²) in [4.78, 5) is 9.10. The van der Waals surface area contributed by atoms with Crippen LogP contribution in [0.25, 0.3) is 22.2 Å². The number of aryl methyl sites for hydroxylation is 2. The van der Waals surface area contributed by atoms with Crippen LogP contribution in [-0.4, -0.2) is 34.1 Å². The van der Waals surface area contributed by atoms with Crippen LogP contribution in [0.5, 0.6) is 0 Å². The predicted octanol–water partition coefficient (Wildman–Crippen LogP) is 4.21. The van der Waals surface area contributed by atoms with Crippen molar-refractivity contribution >= 4 is 21.1 Å². The number of hydrogen-bond acceptors (Lipinski definition) is 5. The number of aliphatic hydroxyl groups is 1. The molecule has 0 aliphatic heterocycles. The van der Waals surface area contributed by atoms with Gasteiger partial charge in [0.1, 0.15) is 0 Å². The number of nitrogens with zero attached hydrogens (tertiary/aromatic N) is 3. The summed E-state index contributed by atoms with van der Waals surface area (Å²) in [7, 11) is -3.80. The molecule has 1 aromatic carbocycles. The minimum Gasteiger partial charge on any atom is -0.396 e. The summed E-state index contributed by atoms with van der Waals surface area (Å²) in [6.07, 6.45) is 10.1. The van der Waals surface area contributed by atoms with Gasteiger partial charge in [0.05, 0.1) is 4.90 Å². The summed E-state index contributed by atoms with van der Waals surface area (Å²) < 4.78 is 28.0. The molecule has 7 heteroatoms. The zero-order valence-corrected chi connectivity index (χ0v) is 18.2. The van der Waals surface area contributed by atoms with Crippen LogP contribution >= 0.6 is 0 Å². The smallest absolute Gasteiger partial charge is 0.269 e. The lowest BCUT2D eigenvalue weighted by Crippen LogP contribution is -2.12. The second-order valence-electron chi connectivity index (χ2n) is 7.49. The number of aromatic nitrogens is 3. The normalized spacial score (nSPS) is 11.8. The van der Waals surface area contributed by atoms with E-state index in [2.05, 4.69) is 16.9 Å². The van der Waals surface area contributed by atoms with E-state index in [4.69, 9.17) is 5.11 Å². The van der Waals surface area contributed by atoms with Crippen molar-refractivity contribution in [2.24, 2.45) is 0 Å². The maximum Gasteiger partial charge on any atom is 0.269 e. The molecule has 0 saturated heterocycles. The lowest BCUT2D eigenvalue weighted by molar-refractivity contribution is 0.284. The molecule has 0 unspecified atom stereocenters. The van der Waals surface area contributed by atoms with Crippen molar-refractivity contribution in [2.45, 2.75) is 37.5 Å². The standard InChI is InChI=1S/C24H25N3O3S/c1-2-18-12-20(16-25-14-18)23-17-27(31(29,30)21-9-4-3-5-10-21)24-22(23)13-19(15-26-24)8-6-7-11-28/h3-5,9-10,12-17,28H,2,6-8,11H2,1H3. The average molecular weight is 436 g/mol. The molecule has 4 rings (SSSR count). The van der Waals surface area contributed by atoms with Crippen LogP contribution in [0.4, 0.5) is 0 Å². The molecule has 31 heavy (non-hydrogen) atoms. The molecule has 1 N–H and O–H groups in total. The Morgan fingerprint density at radius 3 is 2.55 bits per heavy atom. The molecule has 0 atom stereocenters. The Morgan fingerprint density at radius 2 is 1.81 bits per heavy atom. The van der Waals surface area contributed by atoms with E-state index in [-0.39, 0.29) is 11.5 Å². The van der Waals surface area contributed by atoms with Gasteiger partial charge in [0, 0.05) is 47.9 Å². The topological polar surface area (TPSA) is 85.1 Å². The summed E-state index contributed by atoms with van der Waals surface area (Å²) in [6.45, 7) is 2.22. The highest BCUT2D eigenvalue weighted by atomic mass is 32.2. The average Bonchev–Trinajstić information content (AvgIpc) is 3.20. The first-order chi connectivity index (χ1) is 15.0. The molecule has 160 valence electrons. The summed E-state index contributed by atoms with van der Waals surface area (Å²) in [5.41, 5.74) is 4.13. The molecule has 0 spiro atoms. The van der Waals surface area contributed by atoms with Gasteiger partial charge in [-0.2, -0.15) is 0 Å². The van der Waals surface area contributed by atoms with Gasteiger partial charge in [0.25, 0.3) is 10.0 Å². The van der Waals surface area contributed by atoms with E-state index in [1.54, 1.807) is 48.9 Å². The third kappa shape index (κ3) is 4.24. The van der Waals surface area contributed by atoms with Crippen molar-refractivity contribution in [1.29, 1.82) is 0 Å². The van der Waals surface area contributed by atoms with Gasteiger partial charge in [-0.25, -0.2) is 17.4 Å². The fourth-order valence-corrected chi connectivity index (χ4v) is 4.99. The van der Waals surface area contributed by atoms with Crippen molar-refractivity contribution in [3.8, 4) is 11.1 Å². The van der Waals surface area contributed by atoms with Crippen LogP contribution in [0.2, 0.25) is 0 Å². The van der Waals surface area contributed by atoms with Gasteiger partial charge in [-0.3, -0.25) is 4.98 Å². The maximum atomic E-state index is 13.4. The zero-order chi connectivity index (χ0) is 21.8. The molecule has 4 aromatic rings. The SMILES string of the molecule is CCc1cncc(-c2cn(S(=O)(=O)c3ccccc3)c3ncc(CCCCO)cc23)c1. The first kappa shape index (κ1) is 21.2.